The molecule has 0 aromatic carbocycles. The molecule has 3 aliphatic heterocycles. The molecular formula is C87H155NO18. The number of ether oxygens (including phenoxy) is 6. The molecule has 17 unspecified atom stereocenters. The highest BCUT2D eigenvalue weighted by atomic mass is 16.8. The molecule has 3 aliphatic rings. The molecule has 0 aromatic heterocycles. The minimum atomic E-state index is -1.98. The number of hydrogen-bond donors (Lipinski definition) is 12. The van der Waals surface area contributed by atoms with Crippen LogP contribution in [-0.2, 0) is 33.2 Å². The first-order valence-corrected chi connectivity index (χ1v) is 42.8. The first-order chi connectivity index (χ1) is 51.8. The maximum absolute atomic E-state index is 13.5. The lowest BCUT2D eigenvalue weighted by molar-refractivity contribution is -0.379. The van der Waals surface area contributed by atoms with Crippen molar-refractivity contribution in [1.29, 1.82) is 0 Å². The Bertz CT molecular complexity index is 2240. The van der Waals surface area contributed by atoms with Gasteiger partial charge in [0.2, 0.25) is 5.91 Å². The minimum Gasteiger partial charge on any atom is -0.394 e. The van der Waals surface area contributed by atoms with Crippen LogP contribution in [0.2, 0.25) is 0 Å². The van der Waals surface area contributed by atoms with E-state index in [4.69, 9.17) is 28.4 Å². The van der Waals surface area contributed by atoms with Gasteiger partial charge >= 0.3 is 0 Å². The van der Waals surface area contributed by atoms with Crippen LogP contribution < -0.4 is 5.32 Å². The lowest BCUT2D eigenvalue weighted by atomic mass is 9.96. The van der Waals surface area contributed by atoms with Gasteiger partial charge in [0, 0.05) is 6.42 Å². The quantitative estimate of drug-likeness (QED) is 0.0199. The molecule has 0 spiro atoms. The molecule has 106 heavy (non-hydrogen) atoms. The number of unbranched alkanes of at least 4 members (excludes halogenated alkanes) is 38. The second-order valence-corrected chi connectivity index (χ2v) is 30.3. The Kier molecular flexibility index (Phi) is 61.0. The zero-order valence-corrected chi connectivity index (χ0v) is 66.2. The molecule has 0 bridgehead atoms. The highest BCUT2D eigenvalue weighted by molar-refractivity contribution is 5.76. The third-order valence-corrected chi connectivity index (χ3v) is 21.0. The van der Waals surface area contributed by atoms with Crippen molar-refractivity contribution in [2.45, 2.75) is 433 Å². The van der Waals surface area contributed by atoms with Crippen LogP contribution in [0, 0.1) is 0 Å². The topological polar surface area (TPSA) is 307 Å². The zero-order chi connectivity index (χ0) is 76.7. The van der Waals surface area contributed by atoms with Crippen molar-refractivity contribution < 1.29 is 89.4 Å². The van der Waals surface area contributed by atoms with Gasteiger partial charge in [-0.1, -0.05) is 336 Å². The molecule has 0 saturated carbocycles. The number of allylic oxidation sites excluding steroid dienone is 14. The van der Waals surface area contributed by atoms with E-state index in [-0.39, 0.29) is 18.9 Å². The van der Waals surface area contributed by atoms with Crippen LogP contribution in [0.3, 0.4) is 0 Å². The summed E-state index contributed by atoms with van der Waals surface area (Å²) in [4.78, 5) is 13.5. The van der Waals surface area contributed by atoms with Crippen molar-refractivity contribution in [2.24, 2.45) is 0 Å². The Hall–Kier alpha value is -3.03. The number of carbonyl (C=O) groups excluding carboxylic acids is 1. The van der Waals surface area contributed by atoms with E-state index in [1.807, 2.05) is 0 Å². The molecule has 19 heteroatoms. The van der Waals surface area contributed by atoms with Crippen molar-refractivity contribution in [3.05, 3.63) is 85.1 Å². The standard InChI is InChI=1S/C87H155NO18/c1-3-5-7-9-11-13-15-17-19-21-23-25-27-29-31-33-35-37-39-41-43-45-47-49-51-53-55-57-59-61-63-65-75(93)88-70(71(92)64-62-60-58-56-54-52-50-48-46-44-42-40-38-36-34-32-30-28-26-24-22-20-18-16-14-12-10-8-6-4-2)69-101-85-81(99)78(96)83(73(67-90)103-85)106-87-82(100)79(97)84(74(68-91)104-87)105-86-80(98)77(95)76(94)72(66-89)102-86/h5,7,11,13,17,19,23,25,29,31,35,37,41,43,70-74,76-87,89-92,94-100H,3-4,6,8-10,12,14-16,18,20-22,24,26-28,30,32-34,36,38-40,42,44-69H2,1-2H3,(H,88,93)/b7-5-,13-11-,19-17-,25-23-,31-29-,37-35-,43-41-. The molecule has 3 saturated heterocycles. The minimum absolute atomic E-state index is 0.248. The molecule has 17 atom stereocenters. The number of aliphatic hydroxyl groups excluding tert-OH is 11. The van der Waals surface area contributed by atoms with E-state index in [0.29, 0.717) is 12.8 Å². The Morgan fingerprint density at radius 2 is 0.651 bits per heavy atom. The van der Waals surface area contributed by atoms with E-state index in [0.717, 1.165) is 103 Å². The summed E-state index contributed by atoms with van der Waals surface area (Å²) in [6.45, 7) is 1.72. The first-order valence-electron chi connectivity index (χ1n) is 42.8. The Balaban J connectivity index is 1.35. The predicted octanol–water partition coefficient (Wildman–Crippen LogP) is 15.3. The molecule has 0 aromatic rings. The van der Waals surface area contributed by atoms with Crippen LogP contribution in [0.25, 0.3) is 0 Å². The predicted molar refractivity (Wildman–Crippen MR) is 424 cm³/mol. The van der Waals surface area contributed by atoms with Gasteiger partial charge in [0.05, 0.1) is 38.6 Å². The van der Waals surface area contributed by atoms with Gasteiger partial charge in [-0.25, -0.2) is 0 Å². The molecule has 616 valence electrons. The molecule has 3 fully saturated rings. The molecule has 1 amide bonds. The van der Waals surface area contributed by atoms with Gasteiger partial charge in [0.1, 0.15) is 73.2 Å². The Labute approximate surface area is 641 Å². The number of nitrogens with one attached hydrogen (secondary N) is 1. The molecule has 12 N–H and O–H groups in total. The van der Waals surface area contributed by atoms with E-state index >= 15 is 0 Å². The molecule has 3 heterocycles. The van der Waals surface area contributed by atoms with Crippen molar-refractivity contribution in [3.63, 3.8) is 0 Å². The van der Waals surface area contributed by atoms with Crippen LogP contribution in [0.5, 0.6) is 0 Å². The zero-order valence-electron chi connectivity index (χ0n) is 66.2. The largest absolute Gasteiger partial charge is 0.394 e. The summed E-state index contributed by atoms with van der Waals surface area (Å²) < 4.78 is 34.6. The number of amides is 1. The molecular weight excluding hydrogens is 1350 g/mol. The number of rotatable bonds is 68. The third kappa shape index (κ3) is 45.5. The average molecular weight is 1500 g/mol. The molecule has 19 nitrogen and oxygen atoms in total. The summed E-state index contributed by atoms with van der Waals surface area (Å²) in [5.41, 5.74) is 0. The normalized spacial score (nSPS) is 26.1. The van der Waals surface area contributed by atoms with Gasteiger partial charge in [-0.05, 0) is 70.6 Å². The fourth-order valence-corrected chi connectivity index (χ4v) is 14.2. The van der Waals surface area contributed by atoms with Crippen LogP contribution in [0.4, 0.5) is 0 Å². The second-order valence-electron chi connectivity index (χ2n) is 30.3. The fraction of sp³-hybridized carbons (Fsp3) is 0.828. The van der Waals surface area contributed by atoms with E-state index in [2.05, 4.69) is 104 Å². The van der Waals surface area contributed by atoms with Gasteiger partial charge < -0.3 is 89.9 Å². The summed E-state index contributed by atoms with van der Waals surface area (Å²) >= 11 is 0. The molecule has 0 aliphatic carbocycles. The number of aliphatic hydroxyl groups is 11. The second kappa shape index (κ2) is 66.6. The summed E-state index contributed by atoms with van der Waals surface area (Å²) in [5, 5.41) is 121. The van der Waals surface area contributed by atoms with Crippen LogP contribution in [0.15, 0.2) is 85.1 Å². The average Bonchev–Trinajstić information content (AvgIpc) is 0.780. The SMILES string of the molecule is CC/C=C\C/C=C\C/C=C\C/C=C\C/C=C\C/C=C\C/C=C\CCCCCCCCCCCC(=O)NC(COC1OC(CO)C(OC2OC(CO)C(OC3OC(CO)C(O)C(O)C3O)C(O)C2O)C(O)C1O)C(O)CCCCCCCCCCCCCCCCCCCCCCCCCCCCCCCC. The van der Waals surface area contributed by atoms with Gasteiger partial charge in [0.25, 0.3) is 0 Å². The first kappa shape index (κ1) is 97.2. The van der Waals surface area contributed by atoms with Gasteiger partial charge in [-0.3, -0.25) is 4.79 Å². The van der Waals surface area contributed by atoms with E-state index in [9.17, 15) is 61.0 Å². The summed E-state index contributed by atoms with van der Waals surface area (Å²) in [5.74, 6) is -0.248. The van der Waals surface area contributed by atoms with Gasteiger partial charge in [0.15, 0.2) is 18.9 Å². The lowest BCUT2D eigenvalue weighted by Gasteiger charge is -2.48. The van der Waals surface area contributed by atoms with Crippen LogP contribution >= 0.6 is 0 Å². The lowest BCUT2D eigenvalue weighted by Crippen LogP contribution is -2.66. The van der Waals surface area contributed by atoms with E-state index in [1.54, 1.807) is 0 Å². The molecule has 0 radical (unpaired) electrons. The highest BCUT2D eigenvalue weighted by Crippen LogP contribution is 2.33. The van der Waals surface area contributed by atoms with Crippen molar-refractivity contribution in [1.82, 2.24) is 5.32 Å². The highest BCUT2D eigenvalue weighted by Gasteiger charge is 2.54. The van der Waals surface area contributed by atoms with Crippen molar-refractivity contribution >= 4 is 5.91 Å². The summed E-state index contributed by atoms with van der Waals surface area (Å²) in [6, 6.07) is -0.899. The van der Waals surface area contributed by atoms with E-state index < -0.39 is 124 Å². The number of hydrogen-bond acceptors (Lipinski definition) is 18. The van der Waals surface area contributed by atoms with E-state index in [1.165, 1.54) is 193 Å². The summed E-state index contributed by atoms with van der Waals surface area (Å²) in [6.07, 6.45) is 62.4. The third-order valence-electron chi connectivity index (χ3n) is 21.0. The monoisotopic (exact) mass is 1500 g/mol. The van der Waals surface area contributed by atoms with Crippen LogP contribution in [-0.4, -0.2) is 193 Å². The van der Waals surface area contributed by atoms with Crippen molar-refractivity contribution in [3.8, 4) is 0 Å². The Morgan fingerprint density at radius 3 is 1.02 bits per heavy atom. The fourth-order valence-electron chi connectivity index (χ4n) is 14.2. The van der Waals surface area contributed by atoms with Gasteiger partial charge in [-0.2, -0.15) is 0 Å². The maximum Gasteiger partial charge on any atom is 0.220 e. The summed E-state index contributed by atoms with van der Waals surface area (Å²) in [7, 11) is 0. The number of carbonyl (C=O) groups is 1. The molecule has 3 rings (SSSR count). The maximum atomic E-state index is 13.5. The van der Waals surface area contributed by atoms with Crippen LogP contribution in [0.1, 0.15) is 328 Å². The van der Waals surface area contributed by atoms with Crippen molar-refractivity contribution in [2.75, 3.05) is 26.4 Å². The Morgan fingerprint density at radius 1 is 0.349 bits per heavy atom. The smallest absolute Gasteiger partial charge is 0.220 e. The van der Waals surface area contributed by atoms with Gasteiger partial charge in [-0.15, -0.1) is 0 Å².